The van der Waals surface area contributed by atoms with Gasteiger partial charge in [0.25, 0.3) is 5.91 Å². The Morgan fingerprint density at radius 2 is 1.31 bits per heavy atom. The van der Waals surface area contributed by atoms with Gasteiger partial charge in [-0.15, -0.1) is 0 Å². The second-order valence-corrected chi connectivity index (χ2v) is 8.68. The number of esters is 1. The summed E-state index contributed by atoms with van der Waals surface area (Å²) in [6, 6.07) is 33.6. The van der Waals surface area contributed by atoms with E-state index in [4.69, 9.17) is 4.74 Å². The van der Waals surface area contributed by atoms with Gasteiger partial charge in [-0.05, 0) is 65.2 Å². The van der Waals surface area contributed by atoms with Crippen LogP contribution in [-0.2, 0) is 11.5 Å². The molecule has 6 heteroatoms. The molecule has 5 nitrogen and oxygen atoms in total. The molecule has 174 valence electrons. The highest BCUT2D eigenvalue weighted by molar-refractivity contribution is 7.97. The van der Waals surface area contributed by atoms with Gasteiger partial charge in [-0.25, -0.2) is 10.2 Å². The van der Waals surface area contributed by atoms with E-state index in [1.807, 2.05) is 48.2 Å². The third kappa shape index (κ3) is 7.42. The van der Waals surface area contributed by atoms with Crippen molar-refractivity contribution < 1.29 is 14.3 Å². The normalized spacial score (nSPS) is 10.7. The third-order valence-corrected chi connectivity index (χ3v) is 6.15. The summed E-state index contributed by atoms with van der Waals surface area (Å²) in [6.45, 7) is 0. The minimum Gasteiger partial charge on any atom is -0.423 e. The number of nitrogens with one attached hydrogen (secondary N) is 1. The average Bonchev–Trinajstić information content (AvgIpc) is 2.91. The largest absolute Gasteiger partial charge is 0.423 e. The van der Waals surface area contributed by atoms with Gasteiger partial charge in [0.05, 0.1) is 11.8 Å². The minimum atomic E-state index is -0.417. The fourth-order valence-electron chi connectivity index (χ4n) is 3.21. The first-order valence-electron chi connectivity index (χ1n) is 11.1. The molecule has 0 atom stereocenters. The number of carbonyl (C=O) groups is 2. The van der Waals surface area contributed by atoms with Gasteiger partial charge in [-0.2, -0.15) is 16.9 Å². The summed E-state index contributed by atoms with van der Waals surface area (Å²) in [6.07, 6.45) is 1.54. The summed E-state index contributed by atoms with van der Waals surface area (Å²) in [5.74, 6) is 1.57. The highest BCUT2D eigenvalue weighted by Crippen LogP contribution is 2.18. The fourth-order valence-corrected chi connectivity index (χ4v) is 4.16. The molecule has 4 rings (SSSR count). The predicted octanol–water partition coefficient (Wildman–Crippen LogP) is 6.10. The number of hydrogen-bond acceptors (Lipinski definition) is 5. The van der Waals surface area contributed by atoms with Gasteiger partial charge in [0.1, 0.15) is 5.75 Å². The molecule has 0 bridgehead atoms. The van der Waals surface area contributed by atoms with Crippen molar-refractivity contribution in [2.45, 2.75) is 11.5 Å². The van der Waals surface area contributed by atoms with Crippen molar-refractivity contribution in [1.29, 1.82) is 0 Å². The lowest BCUT2D eigenvalue weighted by Gasteiger charge is -2.05. The molecule has 0 fully saturated rings. The van der Waals surface area contributed by atoms with Crippen LogP contribution in [0.2, 0.25) is 0 Å². The lowest BCUT2D eigenvalue weighted by Crippen LogP contribution is -2.17. The molecule has 0 heterocycles. The van der Waals surface area contributed by atoms with Gasteiger partial charge in [-0.3, -0.25) is 4.79 Å². The first kappa shape index (κ1) is 24.0. The highest BCUT2D eigenvalue weighted by Gasteiger charge is 2.07. The third-order valence-electron chi connectivity index (χ3n) is 5.08. The maximum Gasteiger partial charge on any atom is 0.343 e. The van der Waals surface area contributed by atoms with Gasteiger partial charge in [0.15, 0.2) is 0 Å². The standard InChI is InChI=1S/C29H24N2O3S/c32-28(25-15-11-24(12-16-25)21-35-20-23-7-3-1-4-8-23)31-30-19-22-13-17-27(18-14-22)34-29(33)26-9-5-2-6-10-26/h1-19H,20-21H2,(H,31,32)/b30-19-. The van der Waals surface area contributed by atoms with Gasteiger partial charge in [0.2, 0.25) is 0 Å². The van der Waals surface area contributed by atoms with Crippen LogP contribution in [0, 0.1) is 0 Å². The number of benzene rings is 4. The van der Waals surface area contributed by atoms with Gasteiger partial charge in [-0.1, -0.05) is 60.7 Å². The number of thioether (sulfide) groups is 1. The number of hydrazone groups is 1. The Labute approximate surface area is 208 Å². The summed E-state index contributed by atoms with van der Waals surface area (Å²) in [5.41, 5.74) is 6.80. The van der Waals surface area contributed by atoms with E-state index < -0.39 is 5.97 Å². The number of ether oxygens (including phenoxy) is 1. The average molecular weight is 481 g/mol. The van der Waals surface area contributed by atoms with Crippen molar-refractivity contribution in [3.8, 4) is 5.75 Å². The molecule has 0 aliphatic carbocycles. The SMILES string of the molecule is O=C(N/N=C\c1ccc(OC(=O)c2ccccc2)cc1)c1ccc(CSCc2ccccc2)cc1. The quantitative estimate of drug-likeness (QED) is 0.136. The first-order chi connectivity index (χ1) is 17.2. The predicted molar refractivity (Wildman–Crippen MR) is 141 cm³/mol. The van der Waals surface area contributed by atoms with Crippen LogP contribution in [0.25, 0.3) is 0 Å². The highest BCUT2D eigenvalue weighted by atomic mass is 32.2. The van der Waals surface area contributed by atoms with E-state index in [9.17, 15) is 9.59 Å². The van der Waals surface area contributed by atoms with E-state index >= 15 is 0 Å². The zero-order valence-corrected chi connectivity index (χ0v) is 19.8. The first-order valence-corrected chi connectivity index (χ1v) is 12.2. The molecule has 0 saturated heterocycles. The molecular weight excluding hydrogens is 456 g/mol. The monoisotopic (exact) mass is 480 g/mol. The number of hydrogen-bond donors (Lipinski definition) is 1. The van der Waals surface area contributed by atoms with Crippen molar-refractivity contribution in [2.24, 2.45) is 5.10 Å². The van der Waals surface area contributed by atoms with E-state index in [0.717, 1.165) is 17.1 Å². The Balaban J connectivity index is 1.23. The van der Waals surface area contributed by atoms with Crippen molar-refractivity contribution >= 4 is 29.9 Å². The Hall–Kier alpha value is -4.16. The molecule has 0 unspecified atom stereocenters. The molecular formula is C29H24N2O3S. The maximum absolute atomic E-state index is 12.4. The second kappa shape index (κ2) is 12.3. The minimum absolute atomic E-state index is 0.279. The molecule has 1 N–H and O–H groups in total. The molecule has 0 aliphatic rings. The van der Waals surface area contributed by atoms with Crippen LogP contribution < -0.4 is 10.2 Å². The van der Waals surface area contributed by atoms with Crippen LogP contribution in [0.1, 0.15) is 37.4 Å². The molecule has 35 heavy (non-hydrogen) atoms. The Kier molecular flexibility index (Phi) is 8.46. The molecule has 1 amide bonds. The van der Waals surface area contributed by atoms with Crippen molar-refractivity contribution in [1.82, 2.24) is 5.43 Å². The number of nitrogens with zero attached hydrogens (tertiary/aromatic N) is 1. The molecule has 4 aromatic rings. The summed E-state index contributed by atoms with van der Waals surface area (Å²) >= 11 is 1.84. The van der Waals surface area contributed by atoms with Crippen molar-refractivity contribution in [3.63, 3.8) is 0 Å². The number of carbonyl (C=O) groups excluding carboxylic acids is 2. The zero-order chi connectivity index (χ0) is 24.3. The summed E-state index contributed by atoms with van der Waals surface area (Å²) in [5, 5.41) is 4.03. The van der Waals surface area contributed by atoms with Gasteiger partial charge in [0, 0.05) is 17.1 Å². The molecule has 4 aromatic carbocycles. The van der Waals surface area contributed by atoms with E-state index in [1.165, 1.54) is 17.3 Å². The summed E-state index contributed by atoms with van der Waals surface area (Å²) < 4.78 is 5.36. The molecule has 0 spiro atoms. The maximum atomic E-state index is 12.4. The van der Waals surface area contributed by atoms with Crippen LogP contribution in [0.4, 0.5) is 0 Å². The van der Waals surface area contributed by atoms with E-state index in [1.54, 1.807) is 60.7 Å². The Morgan fingerprint density at radius 1 is 0.714 bits per heavy atom. The molecule has 0 aliphatic heterocycles. The zero-order valence-electron chi connectivity index (χ0n) is 19.0. The summed E-state index contributed by atoms with van der Waals surface area (Å²) in [4.78, 5) is 24.5. The van der Waals surface area contributed by atoms with Gasteiger partial charge >= 0.3 is 5.97 Å². The Morgan fingerprint density at radius 3 is 1.97 bits per heavy atom. The lowest BCUT2D eigenvalue weighted by atomic mass is 10.1. The van der Waals surface area contributed by atoms with Crippen LogP contribution in [0.15, 0.2) is 114 Å². The second-order valence-electron chi connectivity index (χ2n) is 7.70. The van der Waals surface area contributed by atoms with E-state index in [0.29, 0.717) is 16.9 Å². The fraction of sp³-hybridized carbons (Fsp3) is 0.0690. The Bertz CT molecular complexity index is 1270. The number of amides is 1. The van der Waals surface area contributed by atoms with Crippen molar-refractivity contribution in [2.75, 3.05) is 0 Å². The van der Waals surface area contributed by atoms with Gasteiger partial charge < -0.3 is 4.74 Å². The summed E-state index contributed by atoms with van der Waals surface area (Å²) in [7, 11) is 0. The van der Waals surface area contributed by atoms with Crippen LogP contribution in [0.5, 0.6) is 5.75 Å². The smallest absolute Gasteiger partial charge is 0.343 e. The van der Waals surface area contributed by atoms with Crippen LogP contribution in [-0.4, -0.2) is 18.1 Å². The van der Waals surface area contributed by atoms with Crippen LogP contribution >= 0.6 is 11.8 Å². The molecule has 0 saturated carbocycles. The lowest BCUT2D eigenvalue weighted by molar-refractivity contribution is 0.0734. The van der Waals surface area contributed by atoms with E-state index in [-0.39, 0.29) is 5.91 Å². The topological polar surface area (TPSA) is 67.8 Å². The van der Waals surface area contributed by atoms with Crippen LogP contribution in [0.3, 0.4) is 0 Å². The van der Waals surface area contributed by atoms with Crippen molar-refractivity contribution in [3.05, 3.63) is 137 Å². The van der Waals surface area contributed by atoms with E-state index in [2.05, 4.69) is 22.7 Å². The molecule has 0 radical (unpaired) electrons. The number of rotatable bonds is 9. The molecule has 0 aromatic heterocycles.